The van der Waals surface area contributed by atoms with Crippen molar-refractivity contribution in [1.29, 1.82) is 0 Å². The third-order valence-electron chi connectivity index (χ3n) is 1.16. The molecule has 6 heteroatoms. The normalized spacial score (nSPS) is 18.3. The van der Waals surface area contributed by atoms with E-state index in [4.69, 9.17) is 25.5 Å². The fourth-order valence-electron chi connectivity index (χ4n) is 0.472. The van der Waals surface area contributed by atoms with Gasteiger partial charge in [0.25, 0.3) is 0 Å². The molecule has 2 radical (unpaired) electrons. The third-order valence-corrected chi connectivity index (χ3v) is 1.16. The van der Waals surface area contributed by atoms with Crippen molar-refractivity contribution in [2.24, 2.45) is 0 Å². The van der Waals surface area contributed by atoms with Crippen molar-refractivity contribution in [2.45, 2.75) is 18.3 Å². The van der Waals surface area contributed by atoms with E-state index in [2.05, 4.69) is 0 Å². The molecule has 0 aliphatic carbocycles. The van der Waals surface area contributed by atoms with Crippen molar-refractivity contribution in [3.63, 3.8) is 0 Å². The van der Waals surface area contributed by atoms with Gasteiger partial charge in [-0.2, -0.15) is 0 Å². The first-order valence-electron chi connectivity index (χ1n) is 2.89. The second-order valence-corrected chi connectivity index (χ2v) is 1.99. The molecule has 5 N–H and O–H groups in total. The summed E-state index contributed by atoms with van der Waals surface area (Å²) < 4.78 is 0. The lowest BCUT2D eigenvalue weighted by molar-refractivity contribution is -0.0900. The fourth-order valence-corrected chi connectivity index (χ4v) is 0.472. The van der Waals surface area contributed by atoms with E-state index < -0.39 is 31.5 Å². The zero-order valence-electron chi connectivity index (χ0n) is 5.79. The van der Waals surface area contributed by atoms with Crippen molar-refractivity contribution in [2.75, 3.05) is 13.2 Å². The monoisotopic (exact) mass is 168 g/mol. The Labute approximate surface area is 63.7 Å². The Morgan fingerprint density at radius 3 is 1.27 bits per heavy atom. The molecule has 0 fully saturated rings. The summed E-state index contributed by atoms with van der Waals surface area (Å²) in [5.41, 5.74) is 0. The van der Waals surface area contributed by atoms with Crippen molar-refractivity contribution in [1.82, 2.24) is 0 Å². The van der Waals surface area contributed by atoms with Crippen LogP contribution >= 0.6 is 0 Å². The maximum atomic E-state index is 8.77. The predicted molar refractivity (Wildman–Crippen MR) is 32.9 cm³/mol. The maximum absolute atomic E-state index is 8.77. The van der Waals surface area contributed by atoms with Crippen LogP contribution in [0.25, 0.3) is 0 Å². The lowest BCUT2D eigenvalue weighted by Crippen LogP contribution is -2.41. The second-order valence-electron chi connectivity index (χ2n) is 1.99. The molecule has 0 heterocycles. The minimum absolute atomic E-state index is 0. The molecule has 3 atom stereocenters. The summed E-state index contributed by atoms with van der Waals surface area (Å²) in [6.45, 7) is -1.28. The summed E-state index contributed by atoms with van der Waals surface area (Å²) in [5, 5.41) is 42.6. The molecule has 6 nitrogen and oxygen atoms in total. The van der Waals surface area contributed by atoms with Crippen LogP contribution in [0.1, 0.15) is 0 Å². The molecular weight excluding hydrogens is 156 g/mol. The molecule has 68 valence electrons. The van der Waals surface area contributed by atoms with Gasteiger partial charge in [-0.05, 0) is 0 Å². The van der Waals surface area contributed by atoms with Gasteiger partial charge in [-0.1, -0.05) is 0 Å². The molecule has 11 heavy (non-hydrogen) atoms. The van der Waals surface area contributed by atoms with Crippen molar-refractivity contribution >= 4 is 0 Å². The fraction of sp³-hybridized carbons (Fsp3) is 1.00. The number of aliphatic hydroxyl groups is 5. The Hall–Kier alpha value is -0.240. The van der Waals surface area contributed by atoms with Gasteiger partial charge in [0.1, 0.15) is 18.3 Å². The molecule has 0 saturated heterocycles. The van der Waals surface area contributed by atoms with E-state index in [0.717, 1.165) is 0 Å². The van der Waals surface area contributed by atoms with Gasteiger partial charge >= 0.3 is 0 Å². The van der Waals surface area contributed by atoms with Gasteiger partial charge in [-0.3, -0.25) is 0 Å². The minimum atomic E-state index is -1.49. The molecule has 0 aliphatic heterocycles. The summed E-state index contributed by atoms with van der Waals surface area (Å²) >= 11 is 0. The van der Waals surface area contributed by atoms with E-state index >= 15 is 0 Å². The van der Waals surface area contributed by atoms with Crippen LogP contribution in [0, 0.1) is 0 Å². The largest absolute Gasteiger partial charge is 0.394 e. The zero-order valence-corrected chi connectivity index (χ0v) is 5.79. The average Bonchev–Trinajstić information content (AvgIpc) is 2.00. The van der Waals surface area contributed by atoms with Crippen molar-refractivity contribution in [3.8, 4) is 0 Å². The number of hydrogen-bond acceptors (Lipinski definition) is 5. The maximum Gasteiger partial charge on any atom is 0.110 e. The summed E-state index contributed by atoms with van der Waals surface area (Å²) in [4.78, 5) is 0. The molecule has 0 aliphatic rings. The van der Waals surface area contributed by atoms with E-state index in [-0.39, 0.29) is 5.48 Å². The Kier molecular flexibility index (Phi) is 7.85. The zero-order chi connectivity index (χ0) is 8.15. The van der Waals surface area contributed by atoms with Crippen LogP contribution in [0.4, 0.5) is 0 Å². The predicted octanol–water partition coefficient (Wildman–Crippen LogP) is -3.07. The molecule has 0 bridgehead atoms. The highest BCUT2D eigenvalue weighted by atomic mass is 16.4. The van der Waals surface area contributed by atoms with Gasteiger partial charge in [0, 0.05) is 5.48 Å². The van der Waals surface area contributed by atoms with Gasteiger partial charge in [0.2, 0.25) is 0 Å². The number of rotatable bonds is 4. The topological polar surface area (TPSA) is 130 Å². The Balaban J connectivity index is 0. The number of aliphatic hydroxyl groups excluding tert-OH is 5. The molecule has 0 amide bonds. The summed E-state index contributed by atoms with van der Waals surface area (Å²) in [5.74, 6) is 0. The van der Waals surface area contributed by atoms with Crippen LogP contribution < -0.4 is 0 Å². The van der Waals surface area contributed by atoms with E-state index in [1.54, 1.807) is 0 Å². The lowest BCUT2D eigenvalue weighted by Gasteiger charge is -2.19. The Morgan fingerprint density at radius 1 is 0.818 bits per heavy atom. The van der Waals surface area contributed by atoms with Crippen molar-refractivity contribution < 1.29 is 31.0 Å². The van der Waals surface area contributed by atoms with Gasteiger partial charge in [-0.15, -0.1) is 0 Å². The van der Waals surface area contributed by atoms with E-state index in [1.165, 1.54) is 0 Å². The van der Waals surface area contributed by atoms with Gasteiger partial charge < -0.3 is 25.5 Å². The van der Waals surface area contributed by atoms with Crippen LogP contribution in [0.5, 0.6) is 0 Å². The molecule has 0 rings (SSSR count). The van der Waals surface area contributed by atoms with Crippen LogP contribution in [-0.2, 0) is 5.48 Å². The van der Waals surface area contributed by atoms with Crippen LogP contribution in [0.15, 0.2) is 0 Å². The summed E-state index contributed by atoms with van der Waals surface area (Å²) in [7, 11) is 0. The molecule has 0 aromatic carbocycles. The highest BCUT2D eigenvalue weighted by Gasteiger charge is 2.22. The average molecular weight is 168 g/mol. The van der Waals surface area contributed by atoms with Crippen LogP contribution in [0.2, 0.25) is 0 Å². The van der Waals surface area contributed by atoms with Crippen molar-refractivity contribution in [3.05, 3.63) is 0 Å². The first kappa shape index (κ1) is 13.4. The first-order valence-corrected chi connectivity index (χ1v) is 2.89. The smallest absolute Gasteiger partial charge is 0.110 e. The van der Waals surface area contributed by atoms with Gasteiger partial charge in [0.05, 0.1) is 13.2 Å². The van der Waals surface area contributed by atoms with Gasteiger partial charge in [-0.25, -0.2) is 0 Å². The molecule has 0 saturated carbocycles. The molecule has 0 unspecified atom stereocenters. The number of hydrogen-bond donors (Lipinski definition) is 5. The lowest BCUT2D eigenvalue weighted by atomic mass is 10.1. The molecule has 0 aromatic rings. The quantitative estimate of drug-likeness (QED) is 0.304. The SMILES string of the molecule is OC[C@@H](O)[C@H](O)[C@@H](O)CO.[O]. The Morgan fingerprint density at radius 2 is 1.09 bits per heavy atom. The van der Waals surface area contributed by atoms with E-state index in [0.29, 0.717) is 0 Å². The molecular formula is C5H12O6. The Bertz CT molecular complexity index is 77.0. The van der Waals surface area contributed by atoms with Crippen LogP contribution in [-0.4, -0.2) is 57.1 Å². The highest BCUT2D eigenvalue weighted by Crippen LogP contribution is 1.97. The van der Waals surface area contributed by atoms with E-state index in [9.17, 15) is 0 Å². The molecule has 0 aromatic heterocycles. The summed E-state index contributed by atoms with van der Waals surface area (Å²) in [6, 6.07) is 0. The van der Waals surface area contributed by atoms with Gasteiger partial charge in [0.15, 0.2) is 0 Å². The molecule has 0 spiro atoms. The summed E-state index contributed by atoms with van der Waals surface area (Å²) in [6.07, 6.45) is -4.29. The third kappa shape index (κ3) is 4.25. The first-order chi connectivity index (χ1) is 4.63. The van der Waals surface area contributed by atoms with E-state index in [1.807, 2.05) is 0 Å². The second kappa shape index (κ2) is 6.47. The van der Waals surface area contributed by atoms with Crippen LogP contribution in [0.3, 0.4) is 0 Å². The highest BCUT2D eigenvalue weighted by molar-refractivity contribution is 4.73. The standard InChI is InChI=1S/C5H12O5.O/c6-1-3(8)5(10)4(9)2-7;/h3-10H,1-2H2;/t3-,4+,5+;. The minimum Gasteiger partial charge on any atom is -0.394 e.